The summed E-state index contributed by atoms with van der Waals surface area (Å²) in [6, 6.07) is 3.22. The molecule has 0 aliphatic carbocycles. The molecule has 2 aromatic rings. The molecular formula is C9H5N5O3. The summed E-state index contributed by atoms with van der Waals surface area (Å²) in [5.74, 6) is 1.08. The summed E-state index contributed by atoms with van der Waals surface area (Å²) in [5, 5.41) is 10.8. The molecule has 1 aromatic carbocycles. The number of aliphatic imine (C=N–C) groups is 1. The van der Waals surface area contributed by atoms with Gasteiger partial charge in [0, 0.05) is 12.1 Å². The third-order valence-corrected chi connectivity index (χ3v) is 2.23. The number of benzene rings is 1. The average molecular weight is 231 g/mol. The second-order valence-corrected chi connectivity index (χ2v) is 3.15. The second kappa shape index (κ2) is 3.69. The molecule has 8 nitrogen and oxygen atoms in total. The molecule has 0 saturated carbocycles. The Kier molecular flexibility index (Phi) is 2.06. The summed E-state index contributed by atoms with van der Waals surface area (Å²) in [6.07, 6.45) is 2.86. The fraction of sp³-hybridized carbons (Fsp3) is 0.111. The fourth-order valence-corrected chi connectivity index (χ4v) is 1.51. The zero-order valence-corrected chi connectivity index (χ0v) is 8.40. The molecule has 0 bridgehead atoms. The molecule has 0 N–H and O–H groups in total. The topological polar surface area (TPSA) is 91.5 Å². The van der Waals surface area contributed by atoms with Gasteiger partial charge in [0.15, 0.2) is 11.5 Å². The van der Waals surface area contributed by atoms with Crippen LogP contribution in [0.25, 0.3) is 5.69 Å². The van der Waals surface area contributed by atoms with Crippen molar-refractivity contribution < 1.29 is 14.3 Å². The van der Waals surface area contributed by atoms with Crippen LogP contribution in [-0.4, -0.2) is 33.1 Å². The molecule has 0 amide bonds. The maximum absolute atomic E-state index is 10.4. The minimum Gasteiger partial charge on any atom is -0.454 e. The lowest BCUT2D eigenvalue weighted by Gasteiger charge is -2.04. The van der Waals surface area contributed by atoms with Crippen molar-refractivity contribution in [3.63, 3.8) is 0 Å². The van der Waals surface area contributed by atoms with Gasteiger partial charge in [0.25, 0.3) is 0 Å². The Hall–Kier alpha value is -2.73. The molecule has 1 aliphatic heterocycles. The summed E-state index contributed by atoms with van der Waals surface area (Å²) >= 11 is 0. The van der Waals surface area contributed by atoms with Gasteiger partial charge in [-0.15, -0.1) is 5.10 Å². The van der Waals surface area contributed by atoms with Crippen LogP contribution in [0.1, 0.15) is 0 Å². The molecule has 0 fully saturated rings. The van der Waals surface area contributed by atoms with Gasteiger partial charge >= 0.3 is 0 Å². The van der Waals surface area contributed by atoms with Crippen molar-refractivity contribution in [3.05, 3.63) is 18.5 Å². The van der Waals surface area contributed by atoms with Crippen LogP contribution >= 0.6 is 0 Å². The van der Waals surface area contributed by atoms with E-state index in [0.29, 0.717) is 22.9 Å². The van der Waals surface area contributed by atoms with Gasteiger partial charge in [0.05, 0.1) is 5.69 Å². The van der Waals surface area contributed by atoms with Gasteiger partial charge in [-0.1, -0.05) is 0 Å². The number of fused-ring (bicyclic) bond motifs is 1. The summed E-state index contributed by atoms with van der Waals surface area (Å²) in [7, 11) is 0. The molecule has 1 aliphatic rings. The Morgan fingerprint density at radius 1 is 1.35 bits per heavy atom. The van der Waals surface area contributed by atoms with Crippen LogP contribution in [0.2, 0.25) is 0 Å². The molecular weight excluding hydrogens is 226 g/mol. The van der Waals surface area contributed by atoms with Crippen LogP contribution in [0, 0.1) is 0 Å². The van der Waals surface area contributed by atoms with Gasteiger partial charge in [-0.25, -0.2) is 4.79 Å². The number of hydrogen-bond acceptors (Lipinski definition) is 7. The standard InChI is InChI=1S/C9H5N5O3/c15-4-10-6-1-8-9(17-5-16-8)2-7(6)14-3-11-12-13-14/h1-3H,5H2. The normalized spacial score (nSPS) is 12.2. The molecule has 0 radical (unpaired) electrons. The highest BCUT2D eigenvalue weighted by atomic mass is 16.7. The smallest absolute Gasteiger partial charge is 0.240 e. The molecule has 0 atom stereocenters. The van der Waals surface area contributed by atoms with Crippen LogP contribution in [0.4, 0.5) is 5.69 Å². The first-order valence-corrected chi connectivity index (χ1v) is 4.63. The van der Waals surface area contributed by atoms with E-state index in [1.54, 1.807) is 12.1 Å². The van der Waals surface area contributed by atoms with E-state index in [1.165, 1.54) is 17.1 Å². The molecule has 0 saturated heterocycles. The highest BCUT2D eigenvalue weighted by Gasteiger charge is 2.18. The Morgan fingerprint density at radius 2 is 2.18 bits per heavy atom. The van der Waals surface area contributed by atoms with Crippen molar-refractivity contribution in [1.82, 2.24) is 20.2 Å². The van der Waals surface area contributed by atoms with Crippen molar-refractivity contribution in [2.45, 2.75) is 0 Å². The lowest BCUT2D eigenvalue weighted by Crippen LogP contribution is -1.96. The number of hydrogen-bond donors (Lipinski definition) is 0. The number of isocyanates is 1. The Labute approximate surface area is 94.5 Å². The van der Waals surface area contributed by atoms with E-state index in [9.17, 15) is 4.79 Å². The molecule has 0 unspecified atom stereocenters. The van der Waals surface area contributed by atoms with E-state index in [0.717, 1.165) is 0 Å². The van der Waals surface area contributed by atoms with E-state index in [2.05, 4.69) is 20.5 Å². The lowest BCUT2D eigenvalue weighted by molar-refractivity contribution is 0.174. The Morgan fingerprint density at radius 3 is 2.88 bits per heavy atom. The summed E-state index contributed by atoms with van der Waals surface area (Å²) in [5.41, 5.74) is 0.874. The number of aromatic nitrogens is 4. The third-order valence-electron chi connectivity index (χ3n) is 2.23. The van der Waals surface area contributed by atoms with E-state index in [4.69, 9.17) is 9.47 Å². The van der Waals surface area contributed by atoms with Crippen molar-refractivity contribution in [2.24, 2.45) is 4.99 Å². The number of nitrogens with zero attached hydrogens (tertiary/aromatic N) is 5. The number of ether oxygens (including phenoxy) is 2. The number of tetrazole rings is 1. The van der Waals surface area contributed by atoms with Crippen molar-refractivity contribution in [1.29, 1.82) is 0 Å². The SMILES string of the molecule is O=C=Nc1cc2c(cc1-n1cnnn1)OCO2. The maximum atomic E-state index is 10.4. The van der Waals surface area contributed by atoms with Crippen LogP contribution in [0.3, 0.4) is 0 Å². The van der Waals surface area contributed by atoms with E-state index in [-0.39, 0.29) is 6.79 Å². The van der Waals surface area contributed by atoms with Crippen LogP contribution < -0.4 is 9.47 Å². The number of rotatable bonds is 2. The van der Waals surface area contributed by atoms with Gasteiger partial charge in [0.1, 0.15) is 12.0 Å². The summed E-state index contributed by atoms with van der Waals surface area (Å²) in [4.78, 5) is 14.0. The van der Waals surface area contributed by atoms with Crippen molar-refractivity contribution >= 4 is 11.8 Å². The monoisotopic (exact) mass is 231 g/mol. The van der Waals surface area contributed by atoms with Gasteiger partial charge < -0.3 is 9.47 Å². The number of carbonyl (C=O) groups excluding carboxylic acids is 1. The van der Waals surface area contributed by atoms with Crippen LogP contribution in [-0.2, 0) is 4.79 Å². The Bertz CT molecular complexity index is 603. The van der Waals surface area contributed by atoms with Gasteiger partial charge in [0.2, 0.25) is 12.9 Å². The largest absolute Gasteiger partial charge is 0.454 e. The predicted octanol–water partition coefficient (Wildman–Crippen LogP) is 0.358. The summed E-state index contributed by atoms with van der Waals surface area (Å²) < 4.78 is 11.8. The van der Waals surface area contributed by atoms with Gasteiger partial charge in [-0.2, -0.15) is 9.67 Å². The Balaban J connectivity index is 2.22. The molecule has 0 spiro atoms. The quantitative estimate of drug-likeness (QED) is 0.547. The first-order valence-electron chi connectivity index (χ1n) is 4.63. The molecule has 84 valence electrons. The average Bonchev–Trinajstić information content (AvgIpc) is 2.98. The highest BCUT2D eigenvalue weighted by molar-refractivity contribution is 5.67. The molecule has 1 aromatic heterocycles. The molecule has 2 heterocycles. The fourth-order valence-electron chi connectivity index (χ4n) is 1.51. The molecule has 8 heteroatoms. The van der Waals surface area contributed by atoms with Crippen molar-refractivity contribution in [3.8, 4) is 17.2 Å². The summed E-state index contributed by atoms with van der Waals surface area (Å²) in [6.45, 7) is 0.138. The third kappa shape index (κ3) is 1.52. The lowest BCUT2D eigenvalue weighted by atomic mass is 10.2. The second-order valence-electron chi connectivity index (χ2n) is 3.15. The van der Waals surface area contributed by atoms with Gasteiger partial charge in [-0.05, 0) is 10.4 Å². The van der Waals surface area contributed by atoms with E-state index >= 15 is 0 Å². The molecule has 17 heavy (non-hydrogen) atoms. The van der Waals surface area contributed by atoms with Gasteiger partial charge in [-0.3, -0.25) is 0 Å². The maximum Gasteiger partial charge on any atom is 0.240 e. The highest BCUT2D eigenvalue weighted by Crippen LogP contribution is 2.39. The minimum absolute atomic E-state index is 0.138. The van der Waals surface area contributed by atoms with E-state index in [1.807, 2.05) is 0 Å². The molecule has 3 rings (SSSR count). The van der Waals surface area contributed by atoms with Crippen LogP contribution in [0.15, 0.2) is 23.5 Å². The van der Waals surface area contributed by atoms with Crippen LogP contribution in [0.5, 0.6) is 11.5 Å². The van der Waals surface area contributed by atoms with Crippen molar-refractivity contribution in [2.75, 3.05) is 6.79 Å². The zero-order chi connectivity index (χ0) is 11.7. The first-order chi connectivity index (χ1) is 8.38. The first kappa shape index (κ1) is 9.49. The zero-order valence-electron chi connectivity index (χ0n) is 8.40. The predicted molar refractivity (Wildman–Crippen MR) is 53.1 cm³/mol. The van der Waals surface area contributed by atoms with E-state index < -0.39 is 0 Å². The minimum atomic E-state index is 0.138.